The van der Waals surface area contributed by atoms with Crippen LogP contribution in [0.4, 0.5) is 5.82 Å². The lowest BCUT2D eigenvalue weighted by Gasteiger charge is -2.05. The van der Waals surface area contributed by atoms with Crippen LogP contribution in [0.15, 0.2) is 66.9 Å². The number of pyridine rings is 1. The second kappa shape index (κ2) is 6.21. The number of aromatic nitrogens is 6. The summed E-state index contributed by atoms with van der Waals surface area (Å²) in [5, 5.41) is 16.5. The van der Waals surface area contributed by atoms with E-state index in [0.717, 1.165) is 34.2 Å². The lowest BCUT2D eigenvalue weighted by molar-refractivity contribution is 0.921. The number of hydrogen-bond acceptors (Lipinski definition) is 5. The summed E-state index contributed by atoms with van der Waals surface area (Å²) >= 11 is 0. The maximum absolute atomic E-state index is 4.65. The van der Waals surface area contributed by atoms with E-state index in [1.165, 1.54) is 0 Å². The Morgan fingerprint density at radius 1 is 0.889 bits per heavy atom. The molecule has 0 saturated heterocycles. The molecule has 4 aromatic heterocycles. The maximum Gasteiger partial charge on any atom is 0.185 e. The highest BCUT2D eigenvalue weighted by Gasteiger charge is 2.10. The van der Waals surface area contributed by atoms with Crippen LogP contribution < -0.4 is 5.32 Å². The third-order valence-corrected chi connectivity index (χ3v) is 4.49. The molecule has 7 heteroatoms. The number of hydrogen-bond donors (Lipinski definition) is 1. The molecule has 0 radical (unpaired) electrons. The van der Waals surface area contributed by atoms with Gasteiger partial charge in [0, 0.05) is 17.5 Å². The number of benzene rings is 1. The van der Waals surface area contributed by atoms with Gasteiger partial charge in [0.2, 0.25) is 0 Å². The summed E-state index contributed by atoms with van der Waals surface area (Å²) in [6, 6.07) is 19.8. The fourth-order valence-electron chi connectivity index (χ4n) is 3.12. The Balaban J connectivity index is 1.44. The first kappa shape index (κ1) is 15.5. The predicted molar refractivity (Wildman–Crippen MR) is 103 cm³/mol. The van der Waals surface area contributed by atoms with Gasteiger partial charge in [0.1, 0.15) is 11.5 Å². The topological polar surface area (TPSA) is 72.4 Å². The zero-order valence-corrected chi connectivity index (χ0v) is 14.7. The molecule has 5 rings (SSSR count). The van der Waals surface area contributed by atoms with E-state index >= 15 is 0 Å². The summed E-state index contributed by atoms with van der Waals surface area (Å²) in [5.41, 5.74) is 4.75. The van der Waals surface area contributed by atoms with Crippen molar-refractivity contribution in [1.82, 2.24) is 29.2 Å². The van der Waals surface area contributed by atoms with Gasteiger partial charge in [0.05, 0.1) is 12.2 Å². The van der Waals surface area contributed by atoms with Crippen LogP contribution in [-0.4, -0.2) is 29.2 Å². The molecule has 0 atom stereocenters. The summed E-state index contributed by atoms with van der Waals surface area (Å²) in [6.07, 6.45) is 2.05. The summed E-state index contributed by atoms with van der Waals surface area (Å²) in [6.45, 7) is 2.65. The van der Waals surface area contributed by atoms with Crippen molar-refractivity contribution in [2.75, 3.05) is 5.32 Å². The Morgan fingerprint density at radius 2 is 1.78 bits per heavy atom. The highest BCUT2D eigenvalue weighted by Crippen LogP contribution is 2.18. The van der Waals surface area contributed by atoms with Crippen molar-refractivity contribution in [3.8, 4) is 11.4 Å². The SMILES string of the molecule is Cc1cccc2nc(CNc3ccc4nnc(-c5ccccc5)n4n3)cn12. The van der Waals surface area contributed by atoms with Gasteiger partial charge in [-0.2, -0.15) is 4.52 Å². The average molecular weight is 355 g/mol. The lowest BCUT2D eigenvalue weighted by Crippen LogP contribution is -2.05. The maximum atomic E-state index is 4.65. The molecule has 0 unspecified atom stereocenters. The van der Waals surface area contributed by atoms with Crippen molar-refractivity contribution in [1.29, 1.82) is 0 Å². The first-order valence-corrected chi connectivity index (χ1v) is 8.73. The summed E-state index contributed by atoms with van der Waals surface area (Å²) in [4.78, 5) is 4.65. The second-order valence-corrected chi connectivity index (χ2v) is 6.36. The van der Waals surface area contributed by atoms with Crippen LogP contribution in [0, 0.1) is 6.92 Å². The number of rotatable bonds is 4. The third kappa shape index (κ3) is 2.79. The van der Waals surface area contributed by atoms with Crippen molar-refractivity contribution >= 4 is 17.1 Å². The molecule has 1 aromatic carbocycles. The standard InChI is InChI=1S/C20H17N7/c1-14-6-5-9-18-22-16(13-26(14)18)12-21-17-10-11-19-23-24-20(27(19)25-17)15-7-3-2-4-8-15/h2-11,13H,12H2,1H3,(H,21,25). The fraction of sp³-hybridized carbons (Fsp3) is 0.100. The molecule has 7 nitrogen and oxygen atoms in total. The highest BCUT2D eigenvalue weighted by molar-refractivity contribution is 5.59. The minimum Gasteiger partial charge on any atom is -0.363 e. The smallest absolute Gasteiger partial charge is 0.185 e. The Morgan fingerprint density at radius 3 is 2.63 bits per heavy atom. The van der Waals surface area contributed by atoms with Crippen molar-refractivity contribution < 1.29 is 0 Å². The lowest BCUT2D eigenvalue weighted by atomic mass is 10.2. The Labute approximate surface area is 155 Å². The number of anilines is 1. The minimum absolute atomic E-state index is 0.586. The summed E-state index contributed by atoms with van der Waals surface area (Å²) in [5.74, 6) is 1.46. The largest absolute Gasteiger partial charge is 0.363 e. The monoisotopic (exact) mass is 355 g/mol. The molecular weight excluding hydrogens is 338 g/mol. The fourth-order valence-corrected chi connectivity index (χ4v) is 3.12. The van der Waals surface area contributed by atoms with Crippen molar-refractivity contribution in [3.63, 3.8) is 0 Å². The van der Waals surface area contributed by atoms with Gasteiger partial charge >= 0.3 is 0 Å². The molecule has 0 bridgehead atoms. The van der Waals surface area contributed by atoms with Crippen molar-refractivity contribution in [3.05, 3.63) is 78.2 Å². The minimum atomic E-state index is 0.586. The van der Waals surface area contributed by atoms with Gasteiger partial charge in [0.25, 0.3) is 0 Å². The molecule has 0 aliphatic carbocycles. The van der Waals surface area contributed by atoms with Crippen LogP contribution in [0.5, 0.6) is 0 Å². The van der Waals surface area contributed by atoms with Gasteiger partial charge in [-0.1, -0.05) is 36.4 Å². The van der Waals surface area contributed by atoms with Gasteiger partial charge in [-0.05, 0) is 31.2 Å². The van der Waals surface area contributed by atoms with Crippen LogP contribution in [-0.2, 0) is 6.54 Å². The molecule has 0 spiro atoms. The molecule has 0 amide bonds. The zero-order chi connectivity index (χ0) is 18.2. The molecule has 27 heavy (non-hydrogen) atoms. The molecular formula is C20H17N7. The van der Waals surface area contributed by atoms with E-state index in [-0.39, 0.29) is 0 Å². The van der Waals surface area contributed by atoms with Gasteiger partial charge in [0.15, 0.2) is 11.5 Å². The van der Waals surface area contributed by atoms with E-state index in [1.807, 2.05) is 60.8 Å². The first-order valence-electron chi connectivity index (χ1n) is 8.73. The van der Waals surface area contributed by atoms with Crippen LogP contribution in [0.1, 0.15) is 11.4 Å². The van der Waals surface area contributed by atoms with Gasteiger partial charge < -0.3 is 9.72 Å². The molecule has 4 heterocycles. The van der Waals surface area contributed by atoms with Crippen LogP contribution in [0.3, 0.4) is 0 Å². The molecule has 0 saturated carbocycles. The normalized spacial score (nSPS) is 11.3. The second-order valence-electron chi connectivity index (χ2n) is 6.36. The quantitative estimate of drug-likeness (QED) is 0.535. The van der Waals surface area contributed by atoms with Crippen molar-refractivity contribution in [2.24, 2.45) is 0 Å². The van der Waals surface area contributed by atoms with Gasteiger partial charge in [-0.15, -0.1) is 15.3 Å². The number of nitrogens with zero attached hydrogens (tertiary/aromatic N) is 6. The predicted octanol–water partition coefficient (Wildman–Crippen LogP) is 3.36. The molecule has 0 fully saturated rings. The molecule has 0 aliphatic rings. The number of aryl methyl sites for hydroxylation is 1. The van der Waals surface area contributed by atoms with Crippen LogP contribution in [0.25, 0.3) is 22.7 Å². The van der Waals surface area contributed by atoms with Crippen LogP contribution in [0.2, 0.25) is 0 Å². The third-order valence-electron chi connectivity index (χ3n) is 4.49. The molecule has 5 aromatic rings. The van der Waals surface area contributed by atoms with Gasteiger partial charge in [-0.25, -0.2) is 4.98 Å². The summed E-state index contributed by atoms with van der Waals surface area (Å²) < 4.78 is 3.84. The summed E-state index contributed by atoms with van der Waals surface area (Å²) in [7, 11) is 0. The Hall–Kier alpha value is -3.74. The van der Waals surface area contributed by atoms with E-state index in [2.05, 4.69) is 43.0 Å². The van der Waals surface area contributed by atoms with E-state index in [0.29, 0.717) is 12.2 Å². The van der Waals surface area contributed by atoms with E-state index in [1.54, 1.807) is 4.52 Å². The number of fused-ring (bicyclic) bond motifs is 2. The molecule has 0 aliphatic heterocycles. The first-order chi connectivity index (χ1) is 13.3. The van der Waals surface area contributed by atoms with E-state index in [9.17, 15) is 0 Å². The molecule has 1 N–H and O–H groups in total. The zero-order valence-electron chi connectivity index (χ0n) is 14.7. The van der Waals surface area contributed by atoms with Crippen LogP contribution >= 0.6 is 0 Å². The Bertz CT molecular complexity index is 1240. The molecule has 132 valence electrons. The van der Waals surface area contributed by atoms with Gasteiger partial charge in [-0.3, -0.25) is 0 Å². The highest BCUT2D eigenvalue weighted by atomic mass is 15.4. The van der Waals surface area contributed by atoms with E-state index in [4.69, 9.17) is 0 Å². The van der Waals surface area contributed by atoms with Crippen molar-refractivity contribution in [2.45, 2.75) is 13.5 Å². The number of imidazole rings is 1. The average Bonchev–Trinajstić information content (AvgIpc) is 3.31. The Kier molecular flexibility index (Phi) is 3.57. The number of nitrogens with one attached hydrogen (secondary N) is 1. The van der Waals surface area contributed by atoms with E-state index < -0.39 is 0 Å².